The average Bonchev–Trinajstić information content (AvgIpc) is 2.26. The second-order valence-corrected chi connectivity index (χ2v) is 3.15. The van der Waals surface area contributed by atoms with E-state index in [2.05, 4.69) is 9.72 Å². The number of nitriles is 1. The summed E-state index contributed by atoms with van der Waals surface area (Å²) in [6, 6.07) is 5.03. The zero-order valence-corrected chi connectivity index (χ0v) is 8.59. The average molecular weight is 208 g/mol. The van der Waals surface area contributed by atoms with Crippen LogP contribution in [-0.2, 0) is 4.74 Å². The fourth-order valence-corrected chi connectivity index (χ4v) is 1.42. The van der Waals surface area contributed by atoms with E-state index >= 15 is 0 Å². The maximum atomic E-state index is 11.1. The van der Waals surface area contributed by atoms with Crippen LogP contribution in [0.1, 0.15) is 16.1 Å². The zero-order chi connectivity index (χ0) is 10.6. The number of esters is 1. The molecule has 1 aromatic heterocycles. The molecule has 0 aliphatic carbocycles. The van der Waals surface area contributed by atoms with Crippen LogP contribution in [0.4, 0.5) is 0 Å². The highest BCUT2D eigenvalue weighted by Crippen LogP contribution is 2.17. The van der Waals surface area contributed by atoms with E-state index in [1.165, 1.54) is 24.9 Å². The summed E-state index contributed by atoms with van der Waals surface area (Å²) < 4.78 is 4.52. The molecule has 0 N–H and O–H groups in total. The summed E-state index contributed by atoms with van der Waals surface area (Å²) in [5.41, 5.74) is 0.681. The number of hydrogen-bond acceptors (Lipinski definition) is 5. The summed E-state index contributed by atoms with van der Waals surface area (Å²) in [6.45, 7) is 0. The van der Waals surface area contributed by atoms with Crippen molar-refractivity contribution in [2.24, 2.45) is 0 Å². The quantitative estimate of drug-likeness (QED) is 0.544. The molecule has 1 heterocycles. The van der Waals surface area contributed by atoms with Gasteiger partial charge in [0.15, 0.2) is 0 Å². The van der Waals surface area contributed by atoms with Crippen LogP contribution in [-0.4, -0.2) is 24.3 Å². The summed E-state index contributed by atoms with van der Waals surface area (Å²) in [5.74, 6) is -0.496. The van der Waals surface area contributed by atoms with Crippen LogP contribution in [0.5, 0.6) is 0 Å². The Morgan fingerprint density at radius 3 is 2.86 bits per heavy atom. The topological polar surface area (TPSA) is 63.0 Å². The Bertz CT molecular complexity index is 398. The zero-order valence-electron chi connectivity index (χ0n) is 7.77. The van der Waals surface area contributed by atoms with Crippen LogP contribution in [0, 0.1) is 11.3 Å². The van der Waals surface area contributed by atoms with Crippen molar-refractivity contribution in [3.05, 3.63) is 23.4 Å². The number of aromatic nitrogens is 1. The Hall–Kier alpha value is -1.54. The highest BCUT2D eigenvalue weighted by Gasteiger charge is 2.10. The second-order valence-electron chi connectivity index (χ2n) is 2.36. The lowest BCUT2D eigenvalue weighted by Gasteiger charge is -2.01. The van der Waals surface area contributed by atoms with Crippen LogP contribution >= 0.6 is 11.8 Å². The molecule has 0 fully saturated rings. The van der Waals surface area contributed by atoms with Gasteiger partial charge in [0.05, 0.1) is 12.7 Å². The molecule has 1 aromatic rings. The molecule has 0 spiro atoms. The molecule has 0 saturated carbocycles. The molecule has 0 atom stereocenters. The SMILES string of the molecule is COC(=O)c1ccc(C#N)c(SC)n1. The third-order valence-corrected chi connectivity index (χ3v) is 2.27. The van der Waals surface area contributed by atoms with Gasteiger partial charge in [-0.2, -0.15) is 5.26 Å². The molecule has 5 heteroatoms. The number of methoxy groups -OCH3 is 1. The first-order valence-corrected chi connectivity index (χ1v) is 4.99. The number of pyridine rings is 1. The summed E-state index contributed by atoms with van der Waals surface area (Å²) >= 11 is 1.32. The molecular formula is C9H8N2O2S. The molecule has 4 nitrogen and oxygen atoms in total. The normalized spacial score (nSPS) is 9.21. The van der Waals surface area contributed by atoms with E-state index in [9.17, 15) is 4.79 Å². The number of nitrogens with zero attached hydrogens (tertiary/aromatic N) is 2. The van der Waals surface area contributed by atoms with Gasteiger partial charge in [-0.1, -0.05) is 0 Å². The first-order valence-electron chi connectivity index (χ1n) is 3.76. The third kappa shape index (κ3) is 2.03. The van der Waals surface area contributed by atoms with Crippen LogP contribution < -0.4 is 0 Å². The first kappa shape index (κ1) is 10.5. The number of ether oxygens (including phenoxy) is 1. The van der Waals surface area contributed by atoms with Crippen molar-refractivity contribution in [1.29, 1.82) is 5.26 Å². The summed E-state index contributed by atoms with van der Waals surface area (Å²) in [7, 11) is 1.29. The fourth-order valence-electron chi connectivity index (χ4n) is 0.899. The Balaban J connectivity index is 3.15. The third-order valence-electron chi connectivity index (χ3n) is 1.57. The van der Waals surface area contributed by atoms with E-state index in [0.717, 1.165) is 0 Å². The molecule has 0 radical (unpaired) electrons. The molecule has 1 rings (SSSR count). The molecule has 72 valence electrons. The van der Waals surface area contributed by atoms with Crippen molar-refractivity contribution in [2.75, 3.05) is 13.4 Å². The van der Waals surface area contributed by atoms with Gasteiger partial charge in [-0.25, -0.2) is 9.78 Å². The minimum Gasteiger partial charge on any atom is -0.464 e. The number of rotatable bonds is 2. The van der Waals surface area contributed by atoms with Crippen LogP contribution in [0.25, 0.3) is 0 Å². The van der Waals surface area contributed by atoms with Gasteiger partial charge in [0.1, 0.15) is 16.8 Å². The summed E-state index contributed by atoms with van der Waals surface area (Å²) in [4.78, 5) is 15.1. The number of thioether (sulfide) groups is 1. The molecule has 0 aliphatic rings. The van der Waals surface area contributed by atoms with Gasteiger partial charge >= 0.3 is 5.97 Å². The van der Waals surface area contributed by atoms with Gasteiger partial charge < -0.3 is 4.74 Å². The van der Waals surface area contributed by atoms with E-state index in [4.69, 9.17) is 5.26 Å². The Morgan fingerprint density at radius 1 is 1.64 bits per heavy atom. The minimum atomic E-state index is -0.496. The monoisotopic (exact) mass is 208 g/mol. The molecule has 0 bridgehead atoms. The minimum absolute atomic E-state index is 0.218. The molecule has 0 aromatic carbocycles. The van der Waals surface area contributed by atoms with E-state index in [-0.39, 0.29) is 5.69 Å². The number of carbonyl (C=O) groups is 1. The molecule has 0 unspecified atom stereocenters. The first-order chi connectivity index (χ1) is 6.72. The van der Waals surface area contributed by atoms with Crippen LogP contribution in [0.15, 0.2) is 17.2 Å². The van der Waals surface area contributed by atoms with Gasteiger partial charge in [0, 0.05) is 0 Å². The van der Waals surface area contributed by atoms with E-state index in [1.54, 1.807) is 12.3 Å². The maximum Gasteiger partial charge on any atom is 0.356 e. The lowest BCUT2D eigenvalue weighted by Crippen LogP contribution is -2.05. The second kappa shape index (κ2) is 4.63. The van der Waals surface area contributed by atoms with E-state index in [0.29, 0.717) is 10.6 Å². The highest BCUT2D eigenvalue weighted by atomic mass is 32.2. The number of carbonyl (C=O) groups excluding carboxylic acids is 1. The molecular weight excluding hydrogens is 200 g/mol. The van der Waals surface area contributed by atoms with E-state index < -0.39 is 5.97 Å². The summed E-state index contributed by atoms with van der Waals surface area (Å²) in [6.07, 6.45) is 1.80. The van der Waals surface area contributed by atoms with Gasteiger partial charge in [0.2, 0.25) is 0 Å². The smallest absolute Gasteiger partial charge is 0.356 e. The van der Waals surface area contributed by atoms with Crippen molar-refractivity contribution in [1.82, 2.24) is 4.98 Å². The lowest BCUT2D eigenvalue weighted by atomic mass is 10.3. The predicted molar refractivity (Wildman–Crippen MR) is 52.1 cm³/mol. The van der Waals surface area contributed by atoms with Gasteiger partial charge in [-0.15, -0.1) is 11.8 Å². The van der Waals surface area contributed by atoms with Crippen molar-refractivity contribution in [2.45, 2.75) is 5.03 Å². The molecule has 0 saturated heterocycles. The number of hydrogen-bond donors (Lipinski definition) is 0. The molecule has 14 heavy (non-hydrogen) atoms. The standard InChI is InChI=1S/C9H8N2O2S/c1-13-9(12)7-4-3-6(5-10)8(11-7)14-2/h3-4H,1-2H3. The molecule has 0 amide bonds. The van der Waals surface area contributed by atoms with Gasteiger partial charge in [-0.3, -0.25) is 0 Å². The Labute approximate surface area is 85.9 Å². The summed E-state index contributed by atoms with van der Waals surface area (Å²) in [5, 5.41) is 9.25. The highest BCUT2D eigenvalue weighted by molar-refractivity contribution is 7.98. The van der Waals surface area contributed by atoms with Crippen LogP contribution in [0.3, 0.4) is 0 Å². The van der Waals surface area contributed by atoms with Gasteiger partial charge in [-0.05, 0) is 18.4 Å². The van der Waals surface area contributed by atoms with Gasteiger partial charge in [0.25, 0.3) is 0 Å². The maximum absolute atomic E-state index is 11.1. The fraction of sp³-hybridized carbons (Fsp3) is 0.222. The Kier molecular flexibility index (Phi) is 3.48. The van der Waals surface area contributed by atoms with Crippen molar-refractivity contribution < 1.29 is 9.53 Å². The lowest BCUT2D eigenvalue weighted by molar-refractivity contribution is 0.0593. The predicted octanol–water partition coefficient (Wildman–Crippen LogP) is 1.46. The Morgan fingerprint density at radius 2 is 2.36 bits per heavy atom. The van der Waals surface area contributed by atoms with Crippen molar-refractivity contribution in [3.63, 3.8) is 0 Å². The van der Waals surface area contributed by atoms with Crippen LogP contribution in [0.2, 0.25) is 0 Å². The largest absolute Gasteiger partial charge is 0.464 e. The van der Waals surface area contributed by atoms with Crippen molar-refractivity contribution >= 4 is 17.7 Å². The molecule has 0 aliphatic heterocycles. The van der Waals surface area contributed by atoms with E-state index in [1.807, 2.05) is 6.07 Å². The van der Waals surface area contributed by atoms with Crippen molar-refractivity contribution in [3.8, 4) is 6.07 Å².